The van der Waals surface area contributed by atoms with Crippen LogP contribution in [0.4, 0.5) is 0 Å². The number of nitrogens with one attached hydrogen (secondary N) is 1. The van der Waals surface area contributed by atoms with E-state index < -0.39 is 5.97 Å². The zero-order chi connectivity index (χ0) is 12.2. The summed E-state index contributed by atoms with van der Waals surface area (Å²) in [5, 5.41) is 12.2. The van der Waals surface area contributed by atoms with E-state index in [-0.39, 0.29) is 18.0 Å². The van der Waals surface area contributed by atoms with E-state index in [2.05, 4.69) is 30.6 Å². The minimum absolute atomic E-state index is 0.0256. The molecule has 0 saturated carbocycles. The number of carbonyl (C=O) groups is 1. The van der Waals surface area contributed by atoms with Crippen LogP contribution in [-0.2, 0) is 4.79 Å². The number of hydrogen-bond donors (Lipinski definition) is 2. The Kier molecular flexibility index (Phi) is 4.50. The zero-order valence-corrected chi connectivity index (χ0v) is 10.2. The average Bonchev–Trinajstić information content (AvgIpc) is 2.29. The maximum Gasteiger partial charge on any atom is 0.304 e. The fraction of sp³-hybridized carbons (Fsp3) is 0.750. The fourth-order valence-corrected chi connectivity index (χ4v) is 2.33. The second-order valence-electron chi connectivity index (χ2n) is 4.96. The molecule has 4 nitrogen and oxygen atoms in total. The lowest BCUT2D eigenvalue weighted by Crippen LogP contribution is -2.51. The van der Waals surface area contributed by atoms with Crippen LogP contribution in [0.3, 0.4) is 0 Å². The molecule has 1 saturated heterocycles. The molecule has 0 bridgehead atoms. The smallest absolute Gasteiger partial charge is 0.304 e. The van der Waals surface area contributed by atoms with Crippen LogP contribution in [0.15, 0.2) is 12.7 Å². The lowest BCUT2D eigenvalue weighted by molar-refractivity contribution is -0.138. The Hall–Kier alpha value is -0.870. The van der Waals surface area contributed by atoms with Gasteiger partial charge >= 0.3 is 5.97 Å². The second-order valence-corrected chi connectivity index (χ2v) is 4.96. The molecule has 0 amide bonds. The Bertz CT molecular complexity index is 264. The highest BCUT2D eigenvalue weighted by atomic mass is 16.4. The minimum Gasteiger partial charge on any atom is -0.481 e. The van der Waals surface area contributed by atoms with Gasteiger partial charge in [-0.2, -0.15) is 0 Å². The van der Waals surface area contributed by atoms with Crippen molar-refractivity contribution in [3.63, 3.8) is 0 Å². The molecule has 0 aliphatic carbocycles. The molecule has 1 fully saturated rings. The minimum atomic E-state index is -0.737. The van der Waals surface area contributed by atoms with Gasteiger partial charge in [-0.3, -0.25) is 9.69 Å². The number of nitrogens with zero attached hydrogens (tertiary/aromatic N) is 1. The van der Waals surface area contributed by atoms with Crippen molar-refractivity contribution in [1.29, 1.82) is 0 Å². The molecule has 1 unspecified atom stereocenters. The molecule has 0 radical (unpaired) electrons. The normalized spacial score (nSPS) is 26.0. The molecule has 16 heavy (non-hydrogen) atoms. The summed E-state index contributed by atoms with van der Waals surface area (Å²) in [6.45, 7) is 10.5. The summed E-state index contributed by atoms with van der Waals surface area (Å²) in [7, 11) is 0. The number of carboxylic acids is 1. The number of carboxylic acid groups (broad SMARTS) is 1. The summed E-state index contributed by atoms with van der Waals surface area (Å²) in [6, 6.07) is 0.0491. The van der Waals surface area contributed by atoms with Crippen molar-refractivity contribution in [3.05, 3.63) is 12.7 Å². The van der Waals surface area contributed by atoms with Crippen molar-refractivity contribution >= 4 is 5.97 Å². The van der Waals surface area contributed by atoms with E-state index in [0.717, 1.165) is 26.1 Å². The van der Waals surface area contributed by atoms with Crippen molar-refractivity contribution in [2.75, 3.05) is 19.6 Å². The van der Waals surface area contributed by atoms with Crippen LogP contribution >= 0.6 is 0 Å². The van der Waals surface area contributed by atoms with Gasteiger partial charge in [0, 0.05) is 24.7 Å². The monoisotopic (exact) mass is 226 g/mol. The van der Waals surface area contributed by atoms with E-state index in [1.807, 2.05) is 6.08 Å². The van der Waals surface area contributed by atoms with Crippen molar-refractivity contribution < 1.29 is 9.90 Å². The average molecular weight is 226 g/mol. The second kappa shape index (κ2) is 5.46. The molecule has 0 aromatic rings. The van der Waals surface area contributed by atoms with Gasteiger partial charge in [0.15, 0.2) is 0 Å². The third kappa shape index (κ3) is 3.32. The lowest BCUT2D eigenvalue weighted by atomic mass is 9.96. The van der Waals surface area contributed by atoms with Gasteiger partial charge in [-0.05, 0) is 26.8 Å². The van der Waals surface area contributed by atoms with Gasteiger partial charge in [0.1, 0.15) is 0 Å². The molecule has 92 valence electrons. The molecule has 1 aliphatic rings. The van der Waals surface area contributed by atoms with E-state index in [9.17, 15) is 4.79 Å². The highest BCUT2D eigenvalue weighted by Gasteiger charge is 2.34. The Morgan fingerprint density at radius 2 is 2.38 bits per heavy atom. The van der Waals surface area contributed by atoms with Crippen molar-refractivity contribution in [3.8, 4) is 0 Å². The first-order valence-corrected chi connectivity index (χ1v) is 5.77. The third-order valence-electron chi connectivity index (χ3n) is 3.25. The van der Waals surface area contributed by atoms with E-state index in [1.165, 1.54) is 0 Å². The lowest BCUT2D eigenvalue weighted by Gasteiger charge is -2.40. The largest absolute Gasteiger partial charge is 0.481 e. The van der Waals surface area contributed by atoms with Gasteiger partial charge in [-0.25, -0.2) is 0 Å². The SMILES string of the molecule is C=CCN1C(CC(=O)O)CNCCC1(C)C. The molecule has 2 N–H and O–H groups in total. The van der Waals surface area contributed by atoms with Crippen LogP contribution in [-0.4, -0.2) is 47.2 Å². The summed E-state index contributed by atoms with van der Waals surface area (Å²) >= 11 is 0. The predicted molar refractivity (Wildman–Crippen MR) is 64.5 cm³/mol. The Morgan fingerprint density at radius 1 is 1.69 bits per heavy atom. The summed E-state index contributed by atoms with van der Waals surface area (Å²) in [5.41, 5.74) is 0.0256. The number of rotatable bonds is 4. The third-order valence-corrected chi connectivity index (χ3v) is 3.25. The summed E-state index contributed by atoms with van der Waals surface area (Å²) in [5.74, 6) is -0.737. The maximum absolute atomic E-state index is 10.9. The van der Waals surface area contributed by atoms with Gasteiger partial charge in [-0.15, -0.1) is 6.58 Å². The van der Waals surface area contributed by atoms with Crippen LogP contribution in [0.2, 0.25) is 0 Å². The first-order valence-electron chi connectivity index (χ1n) is 5.77. The van der Waals surface area contributed by atoms with Gasteiger partial charge in [0.2, 0.25) is 0 Å². The van der Waals surface area contributed by atoms with E-state index in [1.54, 1.807) is 0 Å². The molecular weight excluding hydrogens is 204 g/mol. The van der Waals surface area contributed by atoms with Crippen LogP contribution in [0.1, 0.15) is 26.7 Å². The maximum atomic E-state index is 10.9. The van der Waals surface area contributed by atoms with Crippen molar-refractivity contribution in [2.24, 2.45) is 0 Å². The molecule has 1 heterocycles. The quantitative estimate of drug-likeness (QED) is 0.705. The van der Waals surface area contributed by atoms with Gasteiger partial charge < -0.3 is 10.4 Å². The molecule has 0 aromatic heterocycles. The first-order chi connectivity index (χ1) is 7.47. The molecular formula is C12H22N2O2. The van der Waals surface area contributed by atoms with Crippen LogP contribution < -0.4 is 5.32 Å². The molecule has 1 aliphatic heterocycles. The molecule has 1 atom stereocenters. The number of hydrogen-bond acceptors (Lipinski definition) is 3. The van der Waals surface area contributed by atoms with Crippen LogP contribution in [0.5, 0.6) is 0 Å². The van der Waals surface area contributed by atoms with E-state index in [4.69, 9.17) is 5.11 Å². The van der Waals surface area contributed by atoms with Gasteiger partial charge in [-0.1, -0.05) is 6.08 Å². The Labute approximate surface area is 97.3 Å². The Morgan fingerprint density at radius 3 is 2.94 bits per heavy atom. The van der Waals surface area contributed by atoms with E-state index in [0.29, 0.717) is 0 Å². The zero-order valence-electron chi connectivity index (χ0n) is 10.2. The van der Waals surface area contributed by atoms with Crippen molar-refractivity contribution in [2.45, 2.75) is 38.3 Å². The topological polar surface area (TPSA) is 52.6 Å². The summed E-state index contributed by atoms with van der Waals surface area (Å²) < 4.78 is 0. The first kappa shape index (κ1) is 13.2. The van der Waals surface area contributed by atoms with Crippen LogP contribution in [0.25, 0.3) is 0 Å². The summed E-state index contributed by atoms with van der Waals surface area (Å²) in [6.07, 6.45) is 3.06. The molecule has 1 rings (SSSR count). The van der Waals surface area contributed by atoms with E-state index >= 15 is 0 Å². The molecule has 0 spiro atoms. The Balaban J connectivity index is 2.83. The fourth-order valence-electron chi connectivity index (χ4n) is 2.33. The van der Waals surface area contributed by atoms with Gasteiger partial charge in [0.05, 0.1) is 6.42 Å². The highest BCUT2D eigenvalue weighted by molar-refractivity contribution is 5.67. The number of aliphatic carboxylic acids is 1. The highest BCUT2D eigenvalue weighted by Crippen LogP contribution is 2.24. The van der Waals surface area contributed by atoms with Crippen LogP contribution in [0, 0.1) is 0 Å². The molecule has 0 aromatic carbocycles. The predicted octanol–water partition coefficient (Wildman–Crippen LogP) is 1.09. The van der Waals surface area contributed by atoms with Gasteiger partial charge in [0.25, 0.3) is 0 Å². The standard InChI is InChI=1S/C12H22N2O2/c1-4-7-14-10(8-11(15)16)9-13-6-5-12(14,2)3/h4,10,13H,1,5-9H2,2-3H3,(H,15,16). The van der Waals surface area contributed by atoms with Crippen molar-refractivity contribution in [1.82, 2.24) is 10.2 Å². The molecule has 4 heteroatoms. The summed E-state index contributed by atoms with van der Waals surface area (Å²) in [4.78, 5) is 13.1.